The number of carboxylic acids is 1. The molecule has 0 spiro atoms. The number of nitrogens with one attached hydrogen (secondary N) is 1. The monoisotopic (exact) mass is 236 g/mol. The number of rotatable bonds is 3. The summed E-state index contributed by atoms with van der Waals surface area (Å²) in [6.07, 6.45) is 3.38. The minimum Gasteiger partial charge on any atom is -0.479 e. The highest BCUT2D eigenvalue weighted by Gasteiger charge is 2.48. The Labute approximate surface area is 99.4 Å². The van der Waals surface area contributed by atoms with E-state index in [4.69, 9.17) is 0 Å². The Morgan fingerprint density at radius 3 is 2.88 bits per heavy atom. The molecule has 2 rings (SSSR count). The number of aliphatic carboxylic acids is 1. The molecular weight excluding hydrogens is 220 g/mol. The first-order valence-corrected chi connectivity index (χ1v) is 5.80. The van der Waals surface area contributed by atoms with Gasteiger partial charge < -0.3 is 15.0 Å². The molecular formula is C12H16N2O3. The lowest BCUT2D eigenvalue weighted by Gasteiger charge is -2.33. The van der Waals surface area contributed by atoms with Crippen LogP contribution >= 0.6 is 0 Å². The second-order valence-electron chi connectivity index (χ2n) is 4.33. The zero-order valence-electron chi connectivity index (χ0n) is 9.77. The van der Waals surface area contributed by atoms with Crippen molar-refractivity contribution in [3.63, 3.8) is 0 Å². The Morgan fingerprint density at radius 1 is 1.59 bits per heavy atom. The summed E-state index contributed by atoms with van der Waals surface area (Å²) in [5.74, 6) is -1.13. The van der Waals surface area contributed by atoms with E-state index in [1.54, 1.807) is 18.3 Å². The van der Waals surface area contributed by atoms with Gasteiger partial charge in [-0.05, 0) is 31.4 Å². The third-order valence-corrected chi connectivity index (χ3v) is 3.55. The van der Waals surface area contributed by atoms with E-state index in [1.165, 1.54) is 4.90 Å². The number of aromatic nitrogens is 1. The van der Waals surface area contributed by atoms with Gasteiger partial charge >= 0.3 is 5.97 Å². The molecule has 1 fully saturated rings. The van der Waals surface area contributed by atoms with Crippen LogP contribution in [0, 0.1) is 0 Å². The molecule has 1 aromatic heterocycles. The molecule has 1 atom stereocenters. The van der Waals surface area contributed by atoms with Crippen molar-refractivity contribution in [1.82, 2.24) is 9.88 Å². The number of hydrogen-bond donors (Lipinski definition) is 2. The summed E-state index contributed by atoms with van der Waals surface area (Å²) < 4.78 is 0. The van der Waals surface area contributed by atoms with Crippen LogP contribution in [0.25, 0.3) is 0 Å². The lowest BCUT2D eigenvalue weighted by molar-refractivity contribution is -0.148. The number of aromatic amines is 1. The molecule has 1 aliphatic heterocycles. The summed E-state index contributed by atoms with van der Waals surface area (Å²) in [5.41, 5.74) is -0.576. The fraction of sp³-hybridized carbons (Fsp3) is 0.500. The number of nitrogens with zero attached hydrogens (tertiary/aromatic N) is 1. The van der Waals surface area contributed by atoms with Gasteiger partial charge in [-0.15, -0.1) is 0 Å². The van der Waals surface area contributed by atoms with Crippen LogP contribution in [0.2, 0.25) is 0 Å². The molecule has 5 heteroatoms. The van der Waals surface area contributed by atoms with Gasteiger partial charge in [-0.3, -0.25) is 4.79 Å². The number of carboxylic acid groups (broad SMARTS) is 1. The van der Waals surface area contributed by atoms with Crippen LogP contribution < -0.4 is 0 Å². The molecule has 0 aromatic carbocycles. The van der Waals surface area contributed by atoms with E-state index in [0.717, 1.165) is 6.42 Å². The van der Waals surface area contributed by atoms with Crippen LogP contribution in [0.5, 0.6) is 0 Å². The smallest absolute Gasteiger partial charge is 0.329 e. The van der Waals surface area contributed by atoms with E-state index in [9.17, 15) is 14.7 Å². The van der Waals surface area contributed by atoms with Gasteiger partial charge in [-0.1, -0.05) is 6.92 Å². The van der Waals surface area contributed by atoms with Gasteiger partial charge in [0, 0.05) is 12.7 Å². The fourth-order valence-electron chi connectivity index (χ4n) is 2.52. The van der Waals surface area contributed by atoms with Crippen molar-refractivity contribution in [3.8, 4) is 0 Å². The molecule has 0 aliphatic carbocycles. The molecule has 1 aromatic rings. The molecule has 5 nitrogen and oxygen atoms in total. The Hall–Kier alpha value is -1.78. The van der Waals surface area contributed by atoms with Crippen LogP contribution in [-0.4, -0.2) is 39.0 Å². The van der Waals surface area contributed by atoms with E-state index in [0.29, 0.717) is 25.1 Å². The third kappa shape index (κ3) is 1.71. The van der Waals surface area contributed by atoms with Crippen molar-refractivity contribution >= 4 is 11.9 Å². The first-order valence-electron chi connectivity index (χ1n) is 5.80. The summed E-state index contributed by atoms with van der Waals surface area (Å²) >= 11 is 0. The number of H-pyrrole nitrogens is 1. The van der Waals surface area contributed by atoms with Crippen molar-refractivity contribution in [2.45, 2.75) is 31.7 Å². The second kappa shape index (κ2) is 4.24. The van der Waals surface area contributed by atoms with Gasteiger partial charge in [0.1, 0.15) is 11.2 Å². The van der Waals surface area contributed by atoms with Crippen LogP contribution in [0.3, 0.4) is 0 Å². The van der Waals surface area contributed by atoms with E-state index in [-0.39, 0.29) is 5.91 Å². The summed E-state index contributed by atoms with van der Waals surface area (Å²) in [5, 5.41) is 9.38. The summed E-state index contributed by atoms with van der Waals surface area (Å²) in [7, 11) is 0. The first kappa shape index (κ1) is 11.7. The zero-order valence-corrected chi connectivity index (χ0v) is 9.77. The van der Waals surface area contributed by atoms with Crippen molar-refractivity contribution < 1.29 is 14.7 Å². The van der Waals surface area contributed by atoms with E-state index < -0.39 is 11.5 Å². The maximum absolute atomic E-state index is 12.2. The Morgan fingerprint density at radius 2 is 2.35 bits per heavy atom. The van der Waals surface area contributed by atoms with Crippen LogP contribution in [-0.2, 0) is 4.79 Å². The largest absolute Gasteiger partial charge is 0.479 e. The van der Waals surface area contributed by atoms with Gasteiger partial charge in [0.15, 0.2) is 0 Å². The normalized spacial score (nSPS) is 23.9. The Bertz CT molecular complexity index is 427. The van der Waals surface area contributed by atoms with Crippen molar-refractivity contribution in [2.24, 2.45) is 0 Å². The van der Waals surface area contributed by atoms with E-state index >= 15 is 0 Å². The predicted octanol–water partition coefficient (Wildman–Crippen LogP) is 1.48. The predicted molar refractivity (Wildman–Crippen MR) is 61.7 cm³/mol. The SMILES string of the molecule is CCC1(C(=O)O)CCCN1C(=O)c1ccc[nH]1. The van der Waals surface area contributed by atoms with Crippen molar-refractivity contribution in [1.29, 1.82) is 0 Å². The van der Waals surface area contributed by atoms with Crippen molar-refractivity contribution in [2.75, 3.05) is 6.54 Å². The van der Waals surface area contributed by atoms with Gasteiger partial charge in [0.25, 0.3) is 5.91 Å². The highest BCUT2D eigenvalue weighted by Crippen LogP contribution is 2.33. The molecule has 0 saturated carbocycles. The molecule has 0 bridgehead atoms. The van der Waals surface area contributed by atoms with Gasteiger partial charge in [-0.25, -0.2) is 4.79 Å². The maximum atomic E-state index is 12.2. The van der Waals surface area contributed by atoms with Crippen LogP contribution in [0.15, 0.2) is 18.3 Å². The molecule has 1 aliphatic rings. The summed E-state index contributed by atoms with van der Waals surface area (Å²) in [6, 6.07) is 3.40. The molecule has 0 radical (unpaired) electrons. The minimum atomic E-state index is -1.03. The number of hydrogen-bond acceptors (Lipinski definition) is 2. The summed E-state index contributed by atoms with van der Waals surface area (Å²) in [4.78, 5) is 28.0. The molecule has 1 unspecified atom stereocenters. The average molecular weight is 236 g/mol. The standard InChI is InChI=1S/C12H16N2O3/c1-2-12(11(16)17)6-4-8-14(12)10(15)9-5-3-7-13-9/h3,5,7,13H,2,4,6,8H2,1H3,(H,16,17). The van der Waals surface area contributed by atoms with E-state index in [1.807, 2.05) is 6.92 Å². The van der Waals surface area contributed by atoms with Crippen LogP contribution in [0.1, 0.15) is 36.7 Å². The number of likely N-dealkylation sites (tertiary alicyclic amines) is 1. The Balaban J connectivity index is 2.31. The molecule has 1 saturated heterocycles. The molecule has 17 heavy (non-hydrogen) atoms. The molecule has 1 amide bonds. The minimum absolute atomic E-state index is 0.225. The zero-order chi connectivity index (χ0) is 12.5. The fourth-order valence-corrected chi connectivity index (χ4v) is 2.52. The van der Waals surface area contributed by atoms with E-state index in [2.05, 4.69) is 4.98 Å². The number of amides is 1. The maximum Gasteiger partial charge on any atom is 0.329 e. The number of carbonyl (C=O) groups excluding carboxylic acids is 1. The number of carbonyl (C=O) groups is 2. The third-order valence-electron chi connectivity index (χ3n) is 3.55. The molecule has 92 valence electrons. The average Bonchev–Trinajstić information content (AvgIpc) is 2.97. The molecule has 2 N–H and O–H groups in total. The lowest BCUT2D eigenvalue weighted by atomic mass is 9.93. The van der Waals surface area contributed by atoms with Crippen molar-refractivity contribution in [3.05, 3.63) is 24.0 Å². The quantitative estimate of drug-likeness (QED) is 0.834. The van der Waals surface area contributed by atoms with Crippen LogP contribution in [0.4, 0.5) is 0 Å². The highest BCUT2D eigenvalue weighted by atomic mass is 16.4. The van der Waals surface area contributed by atoms with Gasteiger partial charge in [0.05, 0.1) is 0 Å². The topological polar surface area (TPSA) is 73.4 Å². The lowest BCUT2D eigenvalue weighted by Crippen LogP contribution is -2.52. The Kier molecular flexibility index (Phi) is 2.92. The first-order chi connectivity index (χ1) is 8.12. The highest BCUT2D eigenvalue weighted by molar-refractivity contribution is 5.97. The van der Waals surface area contributed by atoms with Gasteiger partial charge in [0.2, 0.25) is 0 Å². The second-order valence-corrected chi connectivity index (χ2v) is 4.33. The summed E-state index contributed by atoms with van der Waals surface area (Å²) in [6.45, 7) is 2.33. The molecule has 2 heterocycles. The van der Waals surface area contributed by atoms with Gasteiger partial charge in [-0.2, -0.15) is 0 Å².